The predicted octanol–water partition coefficient (Wildman–Crippen LogP) is 5.67. The molecule has 0 fully saturated rings. The van der Waals surface area contributed by atoms with Crippen LogP contribution < -0.4 is 0 Å². The van der Waals surface area contributed by atoms with Crippen molar-refractivity contribution in [1.82, 2.24) is 0 Å². The minimum absolute atomic E-state index is 0.644. The van der Waals surface area contributed by atoms with Gasteiger partial charge in [0.1, 0.15) is 0 Å². The predicted molar refractivity (Wildman–Crippen MR) is 78.1 cm³/mol. The highest BCUT2D eigenvalue weighted by atomic mass is 14.3. The summed E-state index contributed by atoms with van der Waals surface area (Å²) in [6.45, 7) is 13.1. The van der Waals surface area contributed by atoms with E-state index in [4.69, 9.17) is 0 Å². The second-order valence-electron chi connectivity index (χ2n) is 5.46. The van der Waals surface area contributed by atoms with Crippen molar-refractivity contribution in [2.45, 2.75) is 59.8 Å². The molecule has 0 spiro atoms. The highest BCUT2D eigenvalue weighted by Gasteiger charge is 2.23. The molecule has 0 aromatic heterocycles. The van der Waals surface area contributed by atoms with E-state index in [0.29, 0.717) is 5.92 Å². The molecule has 0 amide bonds. The fraction of sp³-hybridized carbons (Fsp3) is 0.647. The molecule has 1 rings (SSSR count). The molecule has 1 aliphatic rings. The Bertz CT molecular complexity index is 317. The van der Waals surface area contributed by atoms with Gasteiger partial charge in [-0.2, -0.15) is 0 Å². The van der Waals surface area contributed by atoms with Gasteiger partial charge >= 0.3 is 0 Å². The Hall–Kier alpha value is -0.780. The van der Waals surface area contributed by atoms with Crippen molar-refractivity contribution in [3.05, 3.63) is 35.5 Å². The van der Waals surface area contributed by atoms with Gasteiger partial charge in [0.2, 0.25) is 0 Å². The first-order valence-corrected chi connectivity index (χ1v) is 7.19. The van der Waals surface area contributed by atoms with Crippen LogP contribution in [0.15, 0.2) is 35.5 Å². The standard InChI is InChI=1S/C17H28/c1-6-8-9-10-15-11-16(15)12-17(13(3)4)14(5)7-2/h11-12,14-15H,3,6-10H2,1-2,4-5H3. The summed E-state index contributed by atoms with van der Waals surface area (Å²) in [7, 11) is 0. The molecular weight excluding hydrogens is 204 g/mol. The van der Waals surface area contributed by atoms with Gasteiger partial charge in [-0.1, -0.05) is 64.3 Å². The molecule has 96 valence electrons. The van der Waals surface area contributed by atoms with Gasteiger partial charge < -0.3 is 0 Å². The fourth-order valence-corrected chi connectivity index (χ4v) is 2.29. The zero-order valence-electron chi connectivity index (χ0n) is 12.1. The smallest absolute Gasteiger partial charge is 0.00211 e. The lowest BCUT2D eigenvalue weighted by Gasteiger charge is -2.13. The Balaban J connectivity index is 2.46. The van der Waals surface area contributed by atoms with Gasteiger partial charge in [-0.15, -0.1) is 0 Å². The normalized spacial score (nSPS) is 21.1. The van der Waals surface area contributed by atoms with Crippen molar-refractivity contribution in [1.29, 1.82) is 0 Å². The molecule has 2 unspecified atom stereocenters. The minimum atomic E-state index is 0.644. The van der Waals surface area contributed by atoms with E-state index in [9.17, 15) is 0 Å². The molecule has 0 nitrogen and oxygen atoms in total. The van der Waals surface area contributed by atoms with Gasteiger partial charge in [0, 0.05) is 5.92 Å². The molecule has 1 aliphatic carbocycles. The second kappa shape index (κ2) is 6.83. The highest BCUT2D eigenvalue weighted by molar-refractivity contribution is 5.45. The molecule has 0 saturated carbocycles. The molecule has 0 aliphatic heterocycles. The molecule has 0 bridgehead atoms. The molecule has 0 aromatic carbocycles. The quantitative estimate of drug-likeness (QED) is 0.373. The Morgan fingerprint density at radius 1 is 1.41 bits per heavy atom. The number of allylic oxidation sites excluding steroid dienone is 5. The summed E-state index contributed by atoms with van der Waals surface area (Å²) < 4.78 is 0. The number of unbranched alkanes of at least 4 members (excludes halogenated alkanes) is 2. The van der Waals surface area contributed by atoms with Crippen molar-refractivity contribution in [3.8, 4) is 0 Å². The van der Waals surface area contributed by atoms with Crippen molar-refractivity contribution in [2.24, 2.45) is 11.8 Å². The number of rotatable bonds is 8. The number of hydrogen-bond acceptors (Lipinski definition) is 0. The summed E-state index contributed by atoms with van der Waals surface area (Å²) >= 11 is 0. The van der Waals surface area contributed by atoms with Crippen LogP contribution in [0.2, 0.25) is 0 Å². The molecule has 0 saturated heterocycles. The zero-order chi connectivity index (χ0) is 12.8. The van der Waals surface area contributed by atoms with Gasteiger partial charge in [-0.3, -0.25) is 0 Å². The SMILES string of the molecule is C=C(C)C(=CC1=CC1CCCCC)C(C)CC. The first kappa shape index (κ1) is 14.3. The maximum atomic E-state index is 4.11. The van der Waals surface area contributed by atoms with Gasteiger partial charge in [0.05, 0.1) is 0 Å². The van der Waals surface area contributed by atoms with Crippen molar-refractivity contribution < 1.29 is 0 Å². The summed E-state index contributed by atoms with van der Waals surface area (Å²) in [4.78, 5) is 0. The van der Waals surface area contributed by atoms with E-state index in [1.165, 1.54) is 43.3 Å². The lowest BCUT2D eigenvalue weighted by Crippen LogP contribution is -1.99. The van der Waals surface area contributed by atoms with Crippen LogP contribution in [0.4, 0.5) is 0 Å². The Morgan fingerprint density at radius 2 is 2.12 bits per heavy atom. The summed E-state index contributed by atoms with van der Waals surface area (Å²) in [5.74, 6) is 1.42. The lowest BCUT2D eigenvalue weighted by molar-refractivity contribution is 0.635. The fourth-order valence-electron chi connectivity index (χ4n) is 2.29. The molecule has 0 heterocycles. The van der Waals surface area contributed by atoms with Crippen LogP contribution in [-0.2, 0) is 0 Å². The van der Waals surface area contributed by atoms with Crippen molar-refractivity contribution in [3.63, 3.8) is 0 Å². The Labute approximate surface area is 108 Å². The zero-order valence-corrected chi connectivity index (χ0v) is 12.1. The summed E-state index contributed by atoms with van der Waals surface area (Å²) in [6, 6.07) is 0. The maximum absolute atomic E-state index is 4.11. The first-order chi connectivity index (χ1) is 8.10. The van der Waals surface area contributed by atoms with E-state index in [2.05, 4.69) is 46.4 Å². The second-order valence-corrected chi connectivity index (χ2v) is 5.46. The van der Waals surface area contributed by atoms with Crippen LogP contribution in [0.1, 0.15) is 59.8 Å². The third-order valence-electron chi connectivity index (χ3n) is 3.79. The minimum Gasteiger partial charge on any atom is -0.0958 e. The summed E-state index contributed by atoms with van der Waals surface area (Å²) in [5.41, 5.74) is 4.25. The summed E-state index contributed by atoms with van der Waals surface area (Å²) in [5, 5.41) is 0. The summed E-state index contributed by atoms with van der Waals surface area (Å²) in [6.07, 6.45) is 11.4. The molecular formula is C17H28. The van der Waals surface area contributed by atoms with E-state index in [0.717, 1.165) is 5.92 Å². The molecule has 0 N–H and O–H groups in total. The van der Waals surface area contributed by atoms with E-state index in [1.807, 2.05) is 0 Å². The van der Waals surface area contributed by atoms with Crippen LogP contribution in [-0.4, -0.2) is 0 Å². The van der Waals surface area contributed by atoms with Crippen LogP contribution in [0.3, 0.4) is 0 Å². The third-order valence-corrected chi connectivity index (χ3v) is 3.79. The van der Waals surface area contributed by atoms with Crippen LogP contribution >= 0.6 is 0 Å². The topological polar surface area (TPSA) is 0 Å². The van der Waals surface area contributed by atoms with Crippen LogP contribution in [0, 0.1) is 11.8 Å². The molecule has 0 aromatic rings. The van der Waals surface area contributed by atoms with E-state index < -0.39 is 0 Å². The third kappa shape index (κ3) is 4.53. The lowest BCUT2D eigenvalue weighted by atomic mass is 9.92. The maximum Gasteiger partial charge on any atom is 0.00211 e. The molecule has 0 heteroatoms. The van der Waals surface area contributed by atoms with Gasteiger partial charge in [0.25, 0.3) is 0 Å². The van der Waals surface area contributed by atoms with Gasteiger partial charge in [0.15, 0.2) is 0 Å². The van der Waals surface area contributed by atoms with Crippen molar-refractivity contribution >= 4 is 0 Å². The number of hydrogen-bond donors (Lipinski definition) is 0. The van der Waals surface area contributed by atoms with Crippen LogP contribution in [0.25, 0.3) is 0 Å². The van der Waals surface area contributed by atoms with E-state index in [-0.39, 0.29) is 0 Å². The highest BCUT2D eigenvalue weighted by Crippen LogP contribution is 2.37. The average Bonchev–Trinajstić information content (AvgIpc) is 3.03. The first-order valence-electron chi connectivity index (χ1n) is 7.19. The van der Waals surface area contributed by atoms with Gasteiger partial charge in [-0.25, -0.2) is 0 Å². The largest absolute Gasteiger partial charge is 0.0958 e. The Kier molecular flexibility index (Phi) is 5.74. The Morgan fingerprint density at radius 3 is 2.65 bits per heavy atom. The van der Waals surface area contributed by atoms with Crippen LogP contribution in [0.5, 0.6) is 0 Å². The average molecular weight is 232 g/mol. The molecule has 2 atom stereocenters. The van der Waals surface area contributed by atoms with Crippen molar-refractivity contribution in [2.75, 3.05) is 0 Å². The monoisotopic (exact) mass is 232 g/mol. The molecule has 17 heavy (non-hydrogen) atoms. The molecule has 0 radical (unpaired) electrons. The van der Waals surface area contributed by atoms with Gasteiger partial charge in [-0.05, 0) is 36.8 Å². The van der Waals surface area contributed by atoms with E-state index >= 15 is 0 Å². The van der Waals surface area contributed by atoms with E-state index in [1.54, 1.807) is 5.57 Å².